The first-order valence-corrected chi connectivity index (χ1v) is 12.2. The highest BCUT2D eigenvalue weighted by molar-refractivity contribution is 5.89. The van der Waals surface area contributed by atoms with Gasteiger partial charge in [0.25, 0.3) is 0 Å². The van der Waals surface area contributed by atoms with Crippen molar-refractivity contribution < 1.29 is 53.1 Å². The van der Waals surface area contributed by atoms with Crippen molar-refractivity contribution in [2.24, 2.45) is 11.3 Å². The molecule has 2 N–H and O–H groups in total. The number of carbonyl (C=O) groups is 4. The number of ether oxygens (including phenoxy) is 5. The third-order valence-electron chi connectivity index (χ3n) is 8.20. The highest BCUT2D eigenvalue weighted by Gasteiger charge is 2.87. The lowest BCUT2D eigenvalue weighted by atomic mass is 9.55. The van der Waals surface area contributed by atoms with E-state index in [1.807, 2.05) is 0 Å². The van der Waals surface area contributed by atoms with Gasteiger partial charge in [0.2, 0.25) is 0 Å². The van der Waals surface area contributed by atoms with E-state index in [9.17, 15) is 29.4 Å². The molecule has 4 rings (SSSR count). The Morgan fingerprint density at radius 2 is 1.57 bits per heavy atom. The number of epoxide rings is 1. The SMILES string of the molecule is CC(=O)OC1[C@H]2[C@](C)(O)[C@H](O)C=C[C@]2(C)[C@@H](OC(C)=O)[C@H](OC(C)=O)C/C(C)=C\[C@@H]2OC(=O)[C@]3(C)O[C@]123. The van der Waals surface area contributed by atoms with Crippen LogP contribution in [0.5, 0.6) is 0 Å². The summed E-state index contributed by atoms with van der Waals surface area (Å²) < 4.78 is 29.0. The zero-order chi connectivity index (χ0) is 27.7. The summed E-state index contributed by atoms with van der Waals surface area (Å²) in [5.41, 5.74) is -5.78. The maximum atomic E-state index is 12.9. The molecule has 37 heavy (non-hydrogen) atoms. The van der Waals surface area contributed by atoms with E-state index in [4.69, 9.17) is 23.7 Å². The summed E-state index contributed by atoms with van der Waals surface area (Å²) in [6.07, 6.45) is -1.38. The minimum atomic E-state index is -1.99. The van der Waals surface area contributed by atoms with Crippen molar-refractivity contribution in [1.82, 2.24) is 0 Å². The number of rotatable bonds is 3. The highest BCUT2D eigenvalue weighted by atomic mass is 16.7. The van der Waals surface area contributed by atoms with Crippen LogP contribution in [-0.2, 0) is 42.9 Å². The zero-order valence-electron chi connectivity index (χ0n) is 22.0. The fourth-order valence-corrected chi connectivity index (χ4v) is 6.55. The third-order valence-corrected chi connectivity index (χ3v) is 8.20. The van der Waals surface area contributed by atoms with Gasteiger partial charge in [-0.1, -0.05) is 24.6 Å². The number of esters is 4. The Morgan fingerprint density at radius 3 is 2.11 bits per heavy atom. The molecule has 1 unspecified atom stereocenters. The molecule has 4 aliphatic rings. The molecule has 0 aromatic heterocycles. The second kappa shape index (κ2) is 8.64. The lowest BCUT2D eigenvalue weighted by molar-refractivity contribution is -0.223. The molecular weight excluding hydrogens is 488 g/mol. The number of fused-ring (bicyclic) bond motifs is 1. The minimum absolute atomic E-state index is 0.0947. The molecule has 2 heterocycles. The molecule has 0 aromatic rings. The van der Waals surface area contributed by atoms with Crippen molar-refractivity contribution in [1.29, 1.82) is 0 Å². The maximum Gasteiger partial charge on any atom is 0.342 e. The number of aliphatic hydroxyl groups excluding tert-OH is 1. The van der Waals surface area contributed by atoms with E-state index in [-0.39, 0.29) is 6.42 Å². The molecule has 1 spiro atoms. The Balaban J connectivity index is 2.04. The summed E-state index contributed by atoms with van der Waals surface area (Å²) in [5, 5.41) is 22.7. The topological polar surface area (TPSA) is 158 Å². The first-order valence-electron chi connectivity index (χ1n) is 12.2. The first-order chi connectivity index (χ1) is 17.0. The van der Waals surface area contributed by atoms with E-state index < -0.39 is 82.5 Å². The summed E-state index contributed by atoms with van der Waals surface area (Å²) in [6, 6.07) is 0. The van der Waals surface area contributed by atoms with Gasteiger partial charge in [-0.2, -0.15) is 0 Å². The van der Waals surface area contributed by atoms with Gasteiger partial charge in [-0.25, -0.2) is 4.79 Å². The Hall–Kier alpha value is -2.76. The smallest absolute Gasteiger partial charge is 0.342 e. The van der Waals surface area contributed by atoms with Crippen LogP contribution in [0, 0.1) is 11.3 Å². The second-order valence-corrected chi connectivity index (χ2v) is 11.1. The Bertz CT molecular complexity index is 1090. The van der Waals surface area contributed by atoms with Crippen molar-refractivity contribution in [2.45, 2.75) is 102 Å². The van der Waals surface area contributed by atoms with Gasteiger partial charge in [0.05, 0.1) is 5.60 Å². The van der Waals surface area contributed by atoms with Crippen LogP contribution < -0.4 is 0 Å². The van der Waals surface area contributed by atoms with E-state index in [0.29, 0.717) is 5.57 Å². The summed E-state index contributed by atoms with van der Waals surface area (Å²) in [7, 11) is 0. The number of hydrogen-bond acceptors (Lipinski definition) is 11. The minimum Gasteiger partial charge on any atom is -0.459 e. The molecule has 11 nitrogen and oxygen atoms in total. The van der Waals surface area contributed by atoms with Gasteiger partial charge >= 0.3 is 23.9 Å². The molecular formula is C26H34O11. The molecule has 0 bridgehead atoms. The quantitative estimate of drug-likeness (QED) is 0.235. The van der Waals surface area contributed by atoms with E-state index >= 15 is 0 Å². The normalized spacial score (nSPS) is 47.7. The van der Waals surface area contributed by atoms with E-state index in [0.717, 1.165) is 0 Å². The largest absolute Gasteiger partial charge is 0.459 e. The summed E-state index contributed by atoms with van der Waals surface area (Å²) in [6.45, 7) is 9.87. The molecule has 0 saturated carbocycles. The molecule has 0 radical (unpaired) electrons. The van der Waals surface area contributed by atoms with E-state index in [2.05, 4.69) is 0 Å². The van der Waals surface area contributed by atoms with Crippen molar-refractivity contribution in [3.05, 3.63) is 23.8 Å². The summed E-state index contributed by atoms with van der Waals surface area (Å²) in [5.74, 6) is -3.92. The van der Waals surface area contributed by atoms with Crippen molar-refractivity contribution in [3.63, 3.8) is 0 Å². The summed E-state index contributed by atoms with van der Waals surface area (Å²) in [4.78, 5) is 49.9. The van der Waals surface area contributed by atoms with Gasteiger partial charge < -0.3 is 33.9 Å². The number of hydrogen-bond donors (Lipinski definition) is 2. The predicted octanol–water partition coefficient (Wildman–Crippen LogP) is 0.889. The van der Waals surface area contributed by atoms with Crippen LogP contribution in [0.1, 0.15) is 54.9 Å². The van der Waals surface area contributed by atoms with Gasteiger partial charge in [0.15, 0.2) is 17.3 Å². The molecule has 0 aromatic carbocycles. The average Bonchev–Trinajstić information content (AvgIpc) is 3.34. The standard InChI is InChI=1S/C26H34O11/c1-12-10-16(33-13(2)27)20(34-14(3)28)23(5)9-8-17(30)24(6,32)19(23)21(35-15(4)29)26-18(11-12)36-22(31)25(26,7)37-26/h8-9,11,16-21,30,32H,10H2,1-7H3/b12-11-/t16-,17-,18+,19-,20+,21?,23+,24-,25+,26+/m1/s1. The fourth-order valence-electron chi connectivity index (χ4n) is 6.55. The molecule has 204 valence electrons. The lowest BCUT2D eigenvalue weighted by Crippen LogP contribution is -2.68. The van der Waals surface area contributed by atoms with E-state index in [1.165, 1.54) is 40.7 Å². The molecule has 2 saturated heterocycles. The second-order valence-electron chi connectivity index (χ2n) is 11.1. The van der Waals surface area contributed by atoms with Crippen LogP contribution in [0.25, 0.3) is 0 Å². The van der Waals surface area contributed by atoms with Gasteiger partial charge in [-0.15, -0.1) is 0 Å². The Labute approximate surface area is 214 Å². The van der Waals surface area contributed by atoms with Crippen molar-refractivity contribution in [3.8, 4) is 0 Å². The third kappa shape index (κ3) is 3.98. The molecule has 0 amide bonds. The molecule has 2 aliphatic carbocycles. The van der Waals surface area contributed by atoms with Crippen LogP contribution in [0.3, 0.4) is 0 Å². The van der Waals surface area contributed by atoms with Crippen molar-refractivity contribution in [2.75, 3.05) is 0 Å². The van der Waals surface area contributed by atoms with Crippen molar-refractivity contribution >= 4 is 23.9 Å². The predicted molar refractivity (Wildman–Crippen MR) is 125 cm³/mol. The number of aliphatic hydroxyl groups is 2. The fraction of sp³-hybridized carbons (Fsp3) is 0.692. The molecule has 2 aliphatic heterocycles. The van der Waals surface area contributed by atoms with Gasteiger partial charge in [0, 0.05) is 38.5 Å². The van der Waals surface area contributed by atoms with Gasteiger partial charge in [-0.3, -0.25) is 14.4 Å². The van der Waals surface area contributed by atoms with Crippen LogP contribution >= 0.6 is 0 Å². The van der Waals surface area contributed by atoms with Crippen LogP contribution in [0.2, 0.25) is 0 Å². The molecule has 10 atom stereocenters. The zero-order valence-corrected chi connectivity index (χ0v) is 22.0. The van der Waals surface area contributed by atoms with Crippen LogP contribution in [0.4, 0.5) is 0 Å². The van der Waals surface area contributed by atoms with Crippen LogP contribution in [-0.4, -0.2) is 81.4 Å². The van der Waals surface area contributed by atoms with Gasteiger partial charge in [-0.05, 0) is 26.8 Å². The van der Waals surface area contributed by atoms with Gasteiger partial charge in [0.1, 0.15) is 24.4 Å². The number of carbonyl (C=O) groups excluding carboxylic acids is 4. The van der Waals surface area contributed by atoms with Crippen LogP contribution in [0.15, 0.2) is 23.8 Å². The molecule has 2 fully saturated rings. The Kier molecular flexibility index (Phi) is 6.37. The highest BCUT2D eigenvalue weighted by Crippen LogP contribution is 2.65. The van der Waals surface area contributed by atoms with E-state index in [1.54, 1.807) is 26.0 Å². The summed E-state index contributed by atoms with van der Waals surface area (Å²) >= 11 is 0. The average molecular weight is 523 g/mol. The Morgan fingerprint density at radius 1 is 1.00 bits per heavy atom. The maximum absolute atomic E-state index is 12.9. The monoisotopic (exact) mass is 522 g/mol. The first kappa shape index (κ1) is 27.3. The lowest BCUT2D eigenvalue weighted by Gasteiger charge is -2.55. The molecule has 11 heteroatoms.